The number of fused-ring (bicyclic) bond motifs is 4. The van der Waals surface area contributed by atoms with E-state index in [1.54, 1.807) is 14.2 Å². The van der Waals surface area contributed by atoms with Crippen LogP contribution in [-0.4, -0.2) is 49.0 Å². The van der Waals surface area contributed by atoms with Gasteiger partial charge in [0.2, 0.25) is 5.91 Å². The summed E-state index contributed by atoms with van der Waals surface area (Å²) >= 11 is 5.68. The van der Waals surface area contributed by atoms with Crippen molar-refractivity contribution in [3.8, 4) is 11.5 Å². The number of benzene rings is 2. The van der Waals surface area contributed by atoms with Crippen molar-refractivity contribution in [3.63, 3.8) is 0 Å². The lowest BCUT2D eigenvalue weighted by molar-refractivity contribution is -0.150. The van der Waals surface area contributed by atoms with Gasteiger partial charge >= 0.3 is 0 Å². The predicted octanol–water partition coefficient (Wildman–Crippen LogP) is 3.55. The Hall–Kier alpha value is -2.84. The molecule has 32 heavy (non-hydrogen) atoms. The number of nitrogens with zero attached hydrogens (tertiary/aromatic N) is 1. The van der Waals surface area contributed by atoms with Gasteiger partial charge in [-0.3, -0.25) is 4.79 Å². The number of carbonyl (C=O) groups excluding carboxylic acids is 1. The Morgan fingerprint density at radius 3 is 2.72 bits per heavy atom. The lowest BCUT2D eigenvalue weighted by Crippen LogP contribution is -2.72. The van der Waals surface area contributed by atoms with E-state index in [1.165, 1.54) is 0 Å². The van der Waals surface area contributed by atoms with E-state index in [1.807, 2.05) is 62.1 Å². The Kier molecular flexibility index (Phi) is 6.01. The summed E-state index contributed by atoms with van der Waals surface area (Å²) in [5, 5.41) is 7.03. The maximum atomic E-state index is 13.8. The molecule has 8 heteroatoms. The summed E-state index contributed by atoms with van der Waals surface area (Å²) in [5.41, 5.74) is 2.79. The summed E-state index contributed by atoms with van der Waals surface area (Å²) in [5.74, 6) is 0.673. The standard InChI is InChI=1S/C24H29N3O4S/c1-14-6-8-18(15(2)12-14)25-22(28)20-21-17-13-16(30-5)7-9-19(17)31-24(20,3)27(10-11-29-4)23(32)26-21/h6-9,12-13,20-21H,10-11H2,1-5H3,(H,25,28)(H,26,32)/t20-,21-,24-/m0/s1. The lowest BCUT2D eigenvalue weighted by Gasteiger charge is -2.56. The molecule has 1 amide bonds. The van der Waals surface area contributed by atoms with Crippen molar-refractivity contribution in [2.75, 3.05) is 32.7 Å². The van der Waals surface area contributed by atoms with Crippen molar-refractivity contribution in [1.29, 1.82) is 0 Å². The highest BCUT2D eigenvalue weighted by Crippen LogP contribution is 2.49. The minimum absolute atomic E-state index is 0.143. The van der Waals surface area contributed by atoms with Gasteiger partial charge in [0.15, 0.2) is 10.8 Å². The molecule has 0 saturated carbocycles. The van der Waals surface area contributed by atoms with E-state index in [0.29, 0.717) is 29.8 Å². The summed E-state index contributed by atoms with van der Waals surface area (Å²) in [6, 6.07) is 11.2. The van der Waals surface area contributed by atoms with Gasteiger partial charge < -0.3 is 29.7 Å². The molecule has 2 bridgehead atoms. The Morgan fingerprint density at radius 1 is 1.25 bits per heavy atom. The first kappa shape index (κ1) is 22.4. The fourth-order valence-corrected chi connectivity index (χ4v) is 5.03. The van der Waals surface area contributed by atoms with Gasteiger partial charge in [0.1, 0.15) is 17.4 Å². The molecule has 2 heterocycles. The molecule has 0 aliphatic carbocycles. The highest BCUT2D eigenvalue weighted by molar-refractivity contribution is 7.80. The van der Waals surface area contributed by atoms with Gasteiger partial charge in [-0.2, -0.15) is 0 Å². The zero-order chi connectivity index (χ0) is 23.0. The number of anilines is 1. The second-order valence-electron chi connectivity index (χ2n) is 8.42. The summed E-state index contributed by atoms with van der Waals surface area (Å²) < 4.78 is 17.2. The first-order valence-corrected chi connectivity index (χ1v) is 11.0. The molecule has 0 aromatic heterocycles. The first-order chi connectivity index (χ1) is 15.3. The van der Waals surface area contributed by atoms with Crippen molar-refractivity contribution in [3.05, 3.63) is 53.1 Å². The van der Waals surface area contributed by atoms with Crippen LogP contribution in [0.2, 0.25) is 0 Å². The second-order valence-corrected chi connectivity index (χ2v) is 8.80. The van der Waals surface area contributed by atoms with Crippen LogP contribution >= 0.6 is 12.2 Å². The second kappa shape index (κ2) is 8.60. The fourth-order valence-electron chi connectivity index (χ4n) is 4.63. The van der Waals surface area contributed by atoms with Gasteiger partial charge in [0.25, 0.3) is 0 Å². The first-order valence-electron chi connectivity index (χ1n) is 10.6. The van der Waals surface area contributed by atoms with E-state index in [9.17, 15) is 4.79 Å². The van der Waals surface area contributed by atoms with Crippen LogP contribution in [0.5, 0.6) is 11.5 Å². The van der Waals surface area contributed by atoms with Gasteiger partial charge in [-0.25, -0.2) is 0 Å². The summed E-state index contributed by atoms with van der Waals surface area (Å²) in [7, 11) is 3.25. The smallest absolute Gasteiger partial charge is 0.236 e. The van der Waals surface area contributed by atoms with Gasteiger partial charge in [-0.05, 0) is 62.8 Å². The predicted molar refractivity (Wildman–Crippen MR) is 127 cm³/mol. The monoisotopic (exact) mass is 455 g/mol. The number of methoxy groups -OCH3 is 2. The quantitative estimate of drug-likeness (QED) is 0.646. The van der Waals surface area contributed by atoms with Crippen LogP contribution in [0.3, 0.4) is 0 Å². The zero-order valence-corrected chi connectivity index (χ0v) is 19.8. The molecule has 0 radical (unpaired) electrons. The van der Waals surface area contributed by atoms with Gasteiger partial charge in [-0.1, -0.05) is 17.7 Å². The average Bonchev–Trinajstić information content (AvgIpc) is 2.75. The Morgan fingerprint density at radius 2 is 2.03 bits per heavy atom. The fraction of sp³-hybridized carbons (Fsp3) is 0.417. The summed E-state index contributed by atoms with van der Waals surface area (Å²) in [6.45, 7) is 6.88. The molecule has 2 aromatic carbocycles. The van der Waals surface area contributed by atoms with Crippen molar-refractivity contribution in [2.45, 2.75) is 32.5 Å². The molecular formula is C24H29N3O4S. The molecule has 170 valence electrons. The molecule has 4 rings (SSSR count). The number of thiocarbonyl (C=S) groups is 1. The third-order valence-corrected chi connectivity index (χ3v) is 6.62. The van der Waals surface area contributed by atoms with E-state index < -0.39 is 11.6 Å². The van der Waals surface area contributed by atoms with Crippen molar-refractivity contribution in [1.82, 2.24) is 10.2 Å². The number of carbonyl (C=O) groups is 1. The number of hydrogen-bond donors (Lipinski definition) is 2. The van der Waals surface area contributed by atoms with Crippen molar-refractivity contribution in [2.24, 2.45) is 5.92 Å². The topological polar surface area (TPSA) is 72.1 Å². The van der Waals surface area contributed by atoms with Crippen molar-refractivity contribution >= 4 is 28.9 Å². The van der Waals surface area contributed by atoms with Gasteiger partial charge in [0.05, 0.1) is 19.8 Å². The van der Waals surface area contributed by atoms with E-state index in [0.717, 1.165) is 22.4 Å². The van der Waals surface area contributed by atoms with Crippen LogP contribution in [0.15, 0.2) is 36.4 Å². The minimum Gasteiger partial charge on any atom is -0.497 e. The molecule has 0 unspecified atom stereocenters. The van der Waals surface area contributed by atoms with E-state index in [2.05, 4.69) is 10.6 Å². The van der Waals surface area contributed by atoms with Crippen LogP contribution in [0.4, 0.5) is 5.69 Å². The van der Waals surface area contributed by atoms with Gasteiger partial charge in [0, 0.05) is 24.9 Å². The third-order valence-electron chi connectivity index (χ3n) is 6.28. The molecule has 7 nitrogen and oxygen atoms in total. The maximum Gasteiger partial charge on any atom is 0.236 e. The van der Waals surface area contributed by atoms with Gasteiger partial charge in [-0.15, -0.1) is 0 Å². The molecule has 2 aromatic rings. The van der Waals surface area contributed by atoms with Crippen LogP contribution in [0.25, 0.3) is 0 Å². The molecule has 0 spiro atoms. The summed E-state index contributed by atoms with van der Waals surface area (Å²) in [4.78, 5) is 15.7. The van der Waals surface area contributed by atoms with Crippen LogP contribution in [0.1, 0.15) is 29.7 Å². The number of rotatable bonds is 6. The molecular weight excluding hydrogens is 426 g/mol. The maximum absolute atomic E-state index is 13.8. The van der Waals surface area contributed by atoms with E-state index in [4.69, 9.17) is 26.4 Å². The number of nitrogens with one attached hydrogen (secondary N) is 2. The van der Waals surface area contributed by atoms with Crippen LogP contribution in [-0.2, 0) is 9.53 Å². The van der Waals surface area contributed by atoms with Crippen molar-refractivity contribution < 1.29 is 19.0 Å². The molecule has 1 fully saturated rings. The van der Waals surface area contributed by atoms with Crippen LogP contribution in [0, 0.1) is 19.8 Å². The molecule has 3 atom stereocenters. The SMILES string of the molecule is COCCN1C(=S)N[C@H]2c3cc(OC)ccc3O[C@@]1(C)[C@@H]2C(=O)Nc1ccc(C)cc1C. The Labute approximate surface area is 194 Å². The lowest BCUT2D eigenvalue weighted by atomic mass is 9.78. The molecule has 1 saturated heterocycles. The average molecular weight is 456 g/mol. The molecule has 2 aliphatic rings. The number of amides is 1. The summed E-state index contributed by atoms with van der Waals surface area (Å²) in [6.07, 6.45) is 0. The number of hydrogen-bond acceptors (Lipinski definition) is 5. The zero-order valence-electron chi connectivity index (χ0n) is 19.0. The van der Waals surface area contributed by atoms with E-state index >= 15 is 0 Å². The Balaban J connectivity index is 1.77. The number of ether oxygens (including phenoxy) is 3. The molecule has 2 aliphatic heterocycles. The normalized spacial score (nSPS) is 23.7. The van der Waals surface area contributed by atoms with E-state index in [-0.39, 0.29) is 11.9 Å². The van der Waals surface area contributed by atoms with Crippen LogP contribution < -0.4 is 20.1 Å². The molecule has 2 N–H and O–H groups in total. The Bertz CT molecular complexity index is 1060. The third kappa shape index (κ3) is 3.78. The number of aryl methyl sites for hydroxylation is 2. The highest BCUT2D eigenvalue weighted by atomic mass is 32.1. The largest absolute Gasteiger partial charge is 0.497 e. The highest BCUT2D eigenvalue weighted by Gasteiger charge is 2.58. The minimum atomic E-state index is -0.990.